The highest BCUT2D eigenvalue weighted by atomic mass is 35.5. The lowest BCUT2D eigenvalue weighted by Crippen LogP contribution is -2.51. The number of anilines is 1. The van der Waals surface area contributed by atoms with Crippen LogP contribution in [0, 0.1) is 12.7 Å². The van der Waals surface area contributed by atoms with Crippen molar-refractivity contribution >= 4 is 40.0 Å². The van der Waals surface area contributed by atoms with Crippen LogP contribution in [0.25, 0.3) is 22.6 Å². The van der Waals surface area contributed by atoms with Crippen LogP contribution in [0.4, 0.5) is 10.2 Å². The number of hydrogen-bond acceptors (Lipinski definition) is 8. The Balaban J connectivity index is 1.38. The van der Waals surface area contributed by atoms with Gasteiger partial charge in [0.1, 0.15) is 23.7 Å². The number of benzene rings is 2. The number of hydrogen-bond donors (Lipinski definition) is 2. The minimum atomic E-state index is -0.566. The van der Waals surface area contributed by atoms with Crippen molar-refractivity contribution in [2.45, 2.75) is 57.3 Å². The maximum Gasteiger partial charge on any atom is 0.319 e. The molecule has 3 saturated heterocycles. The number of aliphatic hydroxyl groups is 1. The molecular formula is C33H39ClFN5O3. The van der Waals surface area contributed by atoms with E-state index in [0.29, 0.717) is 35.5 Å². The van der Waals surface area contributed by atoms with Gasteiger partial charge in [0.15, 0.2) is 5.82 Å². The van der Waals surface area contributed by atoms with E-state index >= 15 is 4.39 Å². The first-order valence-corrected chi connectivity index (χ1v) is 15.3. The zero-order valence-electron chi connectivity index (χ0n) is 25.1. The number of nitrogens with zero attached hydrogens (tertiary/aromatic N) is 4. The number of methoxy groups -OCH3 is 1. The number of likely N-dealkylation sites (tertiary alicyclic amines) is 1. The number of nitrogens with one attached hydrogen (secondary N) is 1. The van der Waals surface area contributed by atoms with E-state index in [2.05, 4.69) is 20.1 Å². The Kier molecular flexibility index (Phi) is 8.60. The molecule has 0 aliphatic carbocycles. The normalized spacial score (nSPS) is 24.7. The third kappa shape index (κ3) is 6.22. The number of aryl methyl sites for hydroxylation is 1. The Bertz CT molecular complexity index is 1570. The second-order valence-electron chi connectivity index (χ2n) is 12.1. The number of aliphatic hydroxyl groups excluding tert-OH is 1. The Labute approximate surface area is 257 Å². The quantitative estimate of drug-likeness (QED) is 0.247. The maximum atomic E-state index is 16.5. The number of piperazine rings is 1. The zero-order valence-corrected chi connectivity index (χ0v) is 25.9. The predicted octanol–water partition coefficient (Wildman–Crippen LogP) is 5.77. The van der Waals surface area contributed by atoms with Gasteiger partial charge in [-0.25, -0.2) is 4.39 Å². The van der Waals surface area contributed by atoms with Gasteiger partial charge in [0.05, 0.1) is 11.1 Å². The van der Waals surface area contributed by atoms with Crippen molar-refractivity contribution in [3.63, 3.8) is 0 Å². The van der Waals surface area contributed by atoms with Crippen molar-refractivity contribution < 1.29 is 19.0 Å². The summed E-state index contributed by atoms with van der Waals surface area (Å²) < 4.78 is 28.2. The molecule has 3 aromatic rings. The van der Waals surface area contributed by atoms with Crippen molar-refractivity contribution in [1.82, 2.24) is 20.2 Å². The number of aromatic nitrogens is 2. The van der Waals surface area contributed by atoms with Crippen LogP contribution in [0.5, 0.6) is 6.01 Å². The Morgan fingerprint density at radius 2 is 1.93 bits per heavy atom. The average molecular weight is 608 g/mol. The monoisotopic (exact) mass is 607 g/mol. The topological polar surface area (TPSA) is 83.0 Å². The van der Waals surface area contributed by atoms with E-state index in [0.717, 1.165) is 50.0 Å². The van der Waals surface area contributed by atoms with Crippen LogP contribution in [0.15, 0.2) is 42.2 Å². The van der Waals surface area contributed by atoms with Crippen molar-refractivity contribution in [2.24, 2.45) is 0 Å². The van der Waals surface area contributed by atoms with Gasteiger partial charge in [-0.2, -0.15) is 9.97 Å². The summed E-state index contributed by atoms with van der Waals surface area (Å²) in [7, 11) is 3.77. The van der Waals surface area contributed by atoms with Gasteiger partial charge in [-0.1, -0.05) is 35.9 Å². The lowest BCUT2D eigenvalue weighted by molar-refractivity contribution is 0.111. The molecule has 43 heavy (non-hydrogen) atoms. The molecule has 2 aromatic carbocycles. The predicted molar refractivity (Wildman–Crippen MR) is 169 cm³/mol. The first-order chi connectivity index (χ1) is 20.7. The minimum Gasteiger partial charge on any atom is -0.508 e. The van der Waals surface area contributed by atoms with Crippen LogP contribution in [0.3, 0.4) is 0 Å². The first-order valence-electron chi connectivity index (χ1n) is 14.9. The summed E-state index contributed by atoms with van der Waals surface area (Å²) >= 11 is 6.77. The van der Waals surface area contributed by atoms with Gasteiger partial charge in [-0.15, -0.1) is 0 Å². The third-order valence-corrected chi connectivity index (χ3v) is 9.30. The summed E-state index contributed by atoms with van der Waals surface area (Å²) in [5.74, 6) is 0.0642. The third-order valence-electron chi connectivity index (χ3n) is 9.00. The van der Waals surface area contributed by atoms with Crippen LogP contribution >= 0.6 is 11.6 Å². The number of ether oxygens (including phenoxy) is 2. The fourth-order valence-corrected chi connectivity index (χ4v) is 6.95. The Morgan fingerprint density at radius 1 is 1.19 bits per heavy atom. The Hall–Kier alpha value is -3.24. The molecule has 0 saturated carbocycles. The van der Waals surface area contributed by atoms with E-state index in [-0.39, 0.29) is 40.0 Å². The fraction of sp³-hybridized carbons (Fsp3) is 0.455. The molecule has 1 aromatic heterocycles. The van der Waals surface area contributed by atoms with Gasteiger partial charge in [-0.3, -0.25) is 4.90 Å². The van der Waals surface area contributed by atoms with Crippen LogP contribution in [-0.2, 0) is 4.74 Å². The van der Waals surface area contributed by atoms with E-state index in [9.17, 15) is 5.11 Å². The number of allylic oxidation sites excluding steroid dienone is 2. The summed E-state index contributed by atoms with van der Waals surface area (Å²) in [5.41, 5.74) is 2.72. The summed E-state index contributed by atoms with van der Waals surface area (Å²) in [6.45, 7) is 6.42. The molecule has 6 rings (SSSR count). The molecule has 2 bridgehead atoms. The second kappa shape index (κ2) is 12.4. The Morgan fingerprint density at radius 3 is 2.63 bits per heavy atom. The summed E-state index contributed by atoms with van der Waals surface area (Å²) in [4.78, 5) is 13.8. The highest BCUT2D eigenvalue weighted by Gasteiger charge is 2.35. The number of likely N-dealkylation sites (N-methyl/N-ethyl adjacent to an activating group) is 1. The number of halogens is 2. The van der Waals surface area contributed by atoms with Crippen molar-refractivity contribution in [3.05, 3.63) is 69.7 Å². The average Bonchev–Trinajstić information content (AvgIpc) is 3.52. The van der Waals surface area contributed by atoms with E-state index in [4.69, 9.17) is 26.1 Å². The zero-order chi connectivity index (χ0) is 30.2. The van der Waals surface area contributed by atoms with E-state index in [1.165, 1.54) is 6.08 Å². The largest absolute Gasteiger partial charge is 0.508 e. The van der Waals surface area contributed by atoms with E-state index in [1.807, 2.05) is 38.2 Å². The highest BCUT2D eigenvalue weighted by molar-refractivity contribution is 6.33. The minimum absolute atomic E-state index is 0.00102. The van der Waals surface area contributed by atoms with Crippen LogP contribution in [0.2, 0.25) is 5.02 Å². The van der Waals surface area contributed by atoms with Gasteiger partial charge in [-0.05, 0) is 75.1 Å². The molecule has 0 spiro atoms. The molecular weight excluding hydrogens is 569 g/mol. The molecule has 4 heterocycles. The smallest absolute Gasteiger partial charge is 0.319 e. The maximum absolute atomic E-state index is 16.5. The summed E-state index contributed by atoms with van der Waals surface area (Å²) in [6.07, 6.45) is 6.38. The molecule has 8 nitrogen and oxygen atoms in total. The molecule has 10 heteroatoms. The second-order valence-corrected chi connectivity index (χ2v) is 12.5. The van der Waals surface area contributed by atoms with Crippen LogP contribution < -0.4 is 15.0 Å². The first kappa shape index (κ1) is 29.8. The van der Waals surface area contributed by atoms with Crippen molar-refractivity contribution in [2.75, 3.05) is 45.3 Å². The van der Waals surface area contributed by atoms with Gasteiger partial charge in [0, 0.05) is 55.8 Å². The van der Waals surface area contributed by atoms with Gasteiger partial charge in [0.2, 0.25) is 0 Å². The number of fused-ring (bicyclic) bond motifs is 3. The standard InChI is InChI=1S/C33H39ClFN5O3/c1-19-7-5-6-8-21(19)12-25(41)11-20(2)29-28(34)14-27-31(30(29)35)37-33(43-18-24-13-26(42-4)17-39(24)3)38-32(27)40-15-22-9-10-23(16-40)36-22/h5-8,11-12,14,22-24,26,36,41H,9-10,13,15-18H2,1-4H3/b20-11+,25-12+/t22?,23?,24-,26+/m0/s1. The lowest BCUT2D eigenvalue weighted by atomic mass is 10.0. The molecule has 228 valence electrons. The molecule has 2 N–H and O–H groups in total. The lowest BCUT2D eigenvalue weighted by Gasteiger charge is -2.34. The van der Waals surface area contributed by atoms with E-state index in [1.54, 1.807) is 26.2 Å². The molecule has 0 radical (unpaired) electrons. The van der Waals surface area contributed by atoms with Crippen LogP contribution in [0.1, 0.15) is 42.9 Å². The van der Waals surface area contributed by atoms with Crippen molar-refractivity contribution in [1.29, 1.82) is 0 Å². The summed E-state index contributed by atoms with van der Waals surface area (Å²) in [6, 6.07) is 10.5. The molecule has 3 fully saturated rings. The fourth-order valence-electron chi connectivity index (χ4n) is 6.61. The molecule has 3 aliphatic rings. The van der Waals surface area contributed by atoms with E-state index < -0.39 is 5.82 Å². The molecule has 0 amide bonds. The molecule has 4 atom stereocenters. The van der Waals surface area contributed by atoms with Crippen LogP contribution in [-0.4, -0.2) is 84.6 Å². The summed E-state index contributed by atoms with van der Waals surface area (Å²) in [5, 5.41) is 15.2. The molecule has 2 unspecified atom stereocenters. The molecule has 3 aliphatic heterocycles. The number of rotatable bonds is 8. The van der Waals surface area contributed by atoms with Gasteiger partial charge < -0.3 is 24.8 Å². The SMILES string of the molecule is CO[C@@H]1C[C@@H](COc2nc(N3CC4CCC(C3)N4)c3cc(Cl)c(/C(C)=C/C(O)=C\c4ccccc4C)c(F)c3n2)N(C)C1. The highest BCUT2D eigenvalue weighted by Crippen LogP contribution is 2.38. The van der Waals surface area contributed by atoms with Gasteiger partial charge >= 0.3 is 6.01 Å². The van der Waals surface area contributed by atoms with Crippen molar-refractivity contribution in [3.8, 4) is 6.01 Å². The van der Waals surface area contributed by atoms with Gasteiger partial charge in [0.25, 0.3) is 0 Å².